The highest BCUT2D eigenvalue weighted by Gasteiger charge is 2.32. The zero-order valence-electron chi connectivity index (χ0n) is 17.7. The molecule has 32 heavy (non-hydrogen) atoms. The monoisotopic (exact) mass is 440 g/mol. The lowest BCUT2D eigenvalue weighted by atomic mass is 10.0. The number of cyclic esters (lactones) is 1. The van der Waals surface area contributed by atoms with Gasteiger partial charge in [0.05, 0.1) is 24.7 Å². The Morgan fingerprint density at radius 1 is 1.16 bits per heavy atom. The van der Waals surface area contributed by atoms with Crippen molar-refractivity contribution >= 4 is 23.6 Å². The van der Waals surface area contributed by atoms with Crippen LogP contribution in [0.4, 0.5) is 14.9 Å². The molecule has 4 rings (SSSR count). The number of hydrogen-bond acceptors (Lipinski definition) is 5. The van der Waals surface area contributed by atoms with E-state index in [9.17, 15) is 18.8 Å². The number of rotatable bonds is 7. The van der Waals surface area contributed by atoms with Gasteiger partial charge in [-0.15, -0.1) is 0 Å². The Balaban J connectivity index is 1.39. The lowest BCUT2D eigenvalue weighted by molar-refractivity contribution is -0.126. The number of ether oxygens (including phenoxy) is 1. The van der Waals surface area contributed by atoms with Gasteiger partial charge in [0.2, 0.25) is 11.8 Å². The van der Waals surface area contributed by atoms with E-state index in [0.717, 1.165) is 5.56 Å². The smallest absolute Gasteiger partial charge is 0.414 e. The zero-order chi connectivity index (χ0) is 22.7. The third-order valence-corrected chi connectivity index (χ3v) is 5.60. The molecule has 9 heteroatoms. The summed E-state index contributed by atoms with van der Waals surface area (Å²) in [4.78, 5) is 36.5. The van der Waals surface area contributed by atoms with Gasteiger partial charge in [0.15, 0.2) is 0 Å². The second-order valence-corrected chi connectivity index (χ2v) is 7.99. The van der Waals surface area contributed by atoms with Crippen LogP contribution in [0.2, 0.25) is 0 Å². The van der Waals surface area contributed by atoms with E-state index >= 15 is 0 Å². The van der Waals surface area contributed by atoms with Crippen molar-refractivity contribution in [2.75, 3.05) is 31.1 Å². The van der Waals surface area contributed by atoms with Crippen LogP contribution in [0.15, 0.2) is 42.5 Å². The van der Waals surface area contributed by atoms with Gasteiger partial charge in [-0.1, -0.05) is 24.3 Å². The molecule has 2 fully saturated rings. The first-order valence-electron chi connectivity index (χ1n) is 10.5. The fourth-order valence-electron chi connectivity index (χ4n) is 3.61. The van der Waals surface area contributed by atoms with E-state index < -0.39 is 18.0 Å². The summed E-state index contributed by atoms with van der Waals surface area (Å²) >= 11 is 0. The lowest BCUT2D eigenvalue weighted by Crippen LogP contribution is -2.50. The number of nitrogens with zero attached hydrogens (tertiary/aromatic N) is 1. The van der Waals surface area contributed by atoms with Crippen LogP contribution in [0.5, 0.6) is 0 Å². The van der Waals surface area contributed by atoms with Gasteiger partial charge in [-0.2, -0.15) is 0 Å². The van der Waals surface area contributed by atoms with Crippen LogP contribution in [-0.2, 0) is 20.9 Å². The van der Waals surface area contributed by atoms with Crippen molar-refractivity contribution in [1.29, 1.82) is 0 Å². The van der Waals surface area contributed by atoms with Crippen LogP contribution in [0.1, 0.15) is 12.5 Å². The quantitative estimate of drug-likeness (QED) is 0.610. The molecule has 0 aliphatic carbocycles. The van der Waals surface area contributed by atoms with Gasteiger partial charge < -0.3 is 20.7 Å². The van der Waals surface area contributed by atoms with Gasteiger partial charge >= 0.3 is 6.09 Å². The SMILES string of the molecule is CC(=O)NCC1CN(c2ccc(-c3ccc(CNC(=O)C4CNC4)cc3)c(F)c2)C(=O)O1. The second-order valence-electron chi connectivity index (χ2n) is 7.99. The van der Waals surface area contributed by atoms with Crippen molar-refractivity contribution in [3.63, 3.8) is 0 Å². The van der Waals surface area contributed by atoms with Crippen molar-refractivity contribution in [2.24, 2.45) is 5.92 Å². The van der Waals surface area contributed by atoms with E-state index in [2.05, 4.69) is 16.0 Å². The summed E-state index contributed by atoms with van der Waals surface area (Å²) < 4.78 is 20.1. The molecule has 2 aromatic carbocycles. The summed E-state index contributed by atoms with van der Waals surface area (Å²) in [6.45, 7) is 3.68. The number of hydrogen-bond donors (Lipinski definition) is 3. The number of anilines is 1. The molecule has 2 aliphatic rings. The van der Waals surface area contributed by atoms with Gasteiger partial charge in [-0.25, -0.2) is 9.18 Å². The molecule has 2 saturated heterocycles. The largest absolute Gasteiger partial charge is 0.442 e. The average Bonchev–Trinajstić information content (AvgIpc) is 3.10. The number of carbonyl (C=O) groups excluding carboxylic acids is 3. The predicted molar refractivity (Wildman–Crippen MR) is 116 cm³/mol. The van der Waals surface area contributed by atoms with Gasteiger partial charge in [0.25, 0.3) is 0 Å². The molecule has 1 unspecified atom stereocenters. The number of halogens is 1. The minimum atomic E-state index is -0.573. The van der Waals surface area contributed by atoms with Gasteiger partial charge in [0, 0.05) is 32.1 Å². The molecular formula is C23H25FN4O4. The molecule has 3 amide bonds. The van der Waals surface area contributed by atoms with Crippen LogP contribution >= 0.6 is 0 Å². The van der Waals surface area contributed by atoms with Crippen LogP contribution in [-0.4, -0.2) is 50.2 Å². The molecule has 2 heterocycles. The van der Waals surface area contributed by atoms with Crippen molar-refractivity contribution in [3.8, 4) is 11.1 Å². The standard InChI is InChI=1S/C23H25FN4O4/c1-14(29)26-12-19-13-28(23(31)32-19)18-6-7-20(21(24)8-18)16-4-2-15(3-5-16)9-27-22(30)17-10-25-11-17/h2-8,17,19,25H,9-13H2,1H3,(H,26,29)(H,27,30). The molecule has 0 radical (unpaired) electrons. The van der Waals surface area contributed by atoms with Gasteiger partial charge in [-0.3, -0.25) is 14.5 Å². The normalized spacial score (nSPS) is 18.1. The minimum Gasteiger partial charge on any atom is -0.442 e. The third kappa shape index (κ3) is 4.88. The molecule has 2 aromatic rings. The van der Waals surface area contributed by atoms with E-state index in [4.69, 9.17) is 4.74 Å². The van der Waals surface area contributed by atoms with E-state index in [-0.39, 0.29) is 30.8 Å². The Morgan fingerprint density at radius 3 is 2.53 bits per heavy atom. The molecule has 3 N–H and O–H groups in total. The van der Waals surface area contributed by atoms with Crippen molar-refractivity contribution in [3.05, 3.63) is 53.8 Å². The van der Waals surface area contributed by atoms with Crippen molar-refractivity contribution < 1.29 is 23.5 Å². The topological polar surface area (TPSA) is 99.8 Å². The molecule has 168 valence electrons. The van der Waals surface area contributed by atoms with Crippen LogP contribution in [0, 0.1) is 11.7 Å². The van der Waals surface area contributed by atoms with Crippen LogP contribution in [0.25, 0.3) is 11.1 Å². The lowest BCUT2D eigenvalue weighted by Gasteiger charge is -2.25. The molecule has 1 atom stereocenters. The van der Waals surface area contributed by atoms with Gasteiger partial charge in [0.1, 0.15) is 11.9 Å². The number of nitrogens with one attached hydrogen (secondary N) is 3. The summed E-state index contributed by atoms with van der Waals surface area (Å²) in [5.41, 5.74) is 2.43. The molecule has 0 saturated carbocycles. The van der Waals surface area contributed by atoms with E-state index in [1.807, 2.05) is 12.1 Å². The van der Waals surface area contributed by atoms with Crippen LogP contribution < -0.4 is 20.9 Å². The summed E-state index contributed by atoms with van der Waals surface area (Å²) in [5, 5.41) is 8.58. The van der Waals surface area contributed by atoms with E-state index in [0.29, 0.717) is 36.4 Å². The molecular weight excluding hydrogens is 415 g/mol. The first kappa shape index (κ1) is 21.8. The molecule has 2 aliphatic heterocycles. The fraction of sp³-hybridized carbons (Fsp3) is 0.348. The van der Waals surface area contributed by atoms with E-state index in [1.165, 1.54) is 17.9 Å². The van der Waals surface area contributed by atoms with Crippen molar-refractivity contribution in [2.45, 2.75) is 19.6 Å². The Kier molecular flexibility index (Phi) is 6.36. The highest BCUT2D eigenvalue weighted by Crippen LogP contribution is 2.29. The maximum atomic E-state index is 14.9. The molecule has 0 spiro atoms. The zero-order valence-corrected chi connectivity index (χ0v) is 17.7. The Hall–Kier alpha value is -3.46. The summed E-state index contributed by atoms with van der Waals surface area (Å²) in [5.74, 6) is -0.595. The number of benzene rings is 2. The molecule has 0 bridgehead atoms. The molecule has 0 aromatic heterocycles. The Bertz CT molecular complexity index is 1020. The minimum absolute atomic E-state index is 0.0363. The predicted octanol–water partition coefficient (Wildman–Crippen LogP) is 1.79. The number of carbonyl (C=O) groups is 3. The highest BCUT2D eigenvalue weighted by molar-refractivity contribution is 5.90. The maximum Gasteiger partial charge on any atom is 0.414 e. The maximum absolute atomic E-state index is 14.9. The third-order valence-electron chi connectivity index (χ3n) is 5.60. The highest BCUT2D eigenvalue weighted by atomic mass is 19.1. The summed E-state index contributed by atoms with van der Waals surface area (Å²) in [6.07, 6.45) is -1.06. The summed E-state index contributed by atoms with van der Waals surface area (Å²) in [6, 6.07) is 11.9. The summed E-state index contributed by atoms with van der Waals surface area (Å²) in [7, 11) is 0. The van der Waals surface area contributed by atoms with Gasteiger partial charge in [-0.05, 0) is 29.3 Å². The Labute approximate surface area is 185 Å². The first-order chi connectivity index (χ1) is 15.4. The number of amides is 3. The van der Waals surface area contributed by atoms with Crippen LogP contribution in [0.3, 0.4) is 0 Å². The second kappa shape index (κ2) is 9.35. The fourth-order valence-corrected chi connectivity index (χ4v) is 3.61. The van der Waals surface area contributed by atoms with Crippen molar-refractivity contribution in [1.82, 2.24) is 16.0 Å². The first-order valence-corrected chi connectivity index (χ1v) is 10.5. The Morgan fingerprint density at radius 2 is 1.91 bits per heavy atom. The average molecular weight is 440 g/mol. The molecule has 8 nitrogen and oxygen atoms in total. The van der Waals surface area contributed by atoms with E-state index in [1.54, 1.807) is 24.3 Å².